The van der Waals surface area contributed by atoms with E-state index in [1.165, 1.54) is 0 Å². The molecule has 1 aromatic heterocycles. The molecule has 5 heteroatoms. The van der Waals surface area contributed by atoms with Gasteiger partial charge >= 0.3 is 5.97 Å². The van der Waals surface area contributed by atoms with Gasteiger partial charge in [0, 0.05) is 25.5 Å². The highest BCUT2D eigenvalue weighted by Crippen LogP contribution is 2.24. The van der Waals surface area contributed by atoms with Crippen molar-refractivity contribution in [2.75, 3.05) is 0 Å². The number of benzene rings is 1. The van der Waals surface area contributed by atoms with E-state index in [0.29, 0.717) is 19.5 Å². The summed E-state index contributed by atoms with van der Waals surface area (Å²) >= 11 is 0. The monoisotopic (exact) mass is 282 g/mol. The summed E-state index contributed by atoms with van der Waals surface area (Å²) in [5.41, 5.74) is 3.06. The van der Waals surface area contributed by atoms with Crippen LogP contribution in [0.3, 0.4) is 0 Å². The Balaban J connectivity index is 1.72. The predicted octanol–water partition coefficient (Wildman–Crippen LogP) is 1.86. The molecule has 0 radical (unpaired) electrons. The maximum absolute atomic E-state index is 12.3. The van der Waals surface area contributed by atoms with Gasteiger partial charge in [-0.15, -0.1) is 0 Å². The van der Waals surface area contributed by atoms with E-state index in [1.54, 1.807) is 41.6 Å². The number of aromatic nitrogens is 1. The van der Waals surface area contributed by atoms with Gasteiger partial charge in [-0.1, -0.05) is 12.1 Å². The van der Waals surface area contributed by atoms with Crippen molar-refractivity contribution in [1.82, 2.24) is 9.88 Å². The third kappa shape index (κ3) is 2.76. The Labute approximate surface area is 121 Å². The quantitative estimate of drug-likeness (QED) is 0.933. The second kappa shape index (κ2) is 5.36. The molecule has 1 N–H and O–H groups in total. The van der Waals surface area contributed by atoms with Gasteiger partial charge in [0.1, 0.15) is 0 Å². The number of rotatable bonds is 3. The molecular weight excluding hydrogens is 268 g/mol. The highest BCUT2D eigenvalue weighted by atomic mass is 16.4. The highest BCUT2D eigenvalue weighted by Gasteiger charge is 2.24. The van der Waals surface area contributed by atoms with E-state index in [4.69, 9.17) is 5.11 Å². The van der Waals surface area contributed by atoms with Crippen LogP contribution in [-0.4, -0.2) is 26.9 Å². The van der Waals surface area contributed by atoms with E-state index in [9.17, 15) is 9.59 Å². The van der Waals surface area contributed by atoms with Gasteiger partial charge in [-0.05, 0) is 34.9 Å². The minimum Gasteiger partial charge on any atom is -0.478 e. The van der Waals surface area contributed by atoms with Gasteiger partial charge in [-0.2, -0.15) is 0 Å². The number of carboxylic acid groups (broad SMARTS) is 1. The van der Waals surface area contributed by atoms with E-state index >= 15 is 0 Å². The van der Waals surface area contributed by atoms with Crippen LogP contribution in [0.5, 0.6) is 0 Å². The summed E-state index contributed by atoms with van der Waals surface area (Å²) in [5.74, 6) is -0.922. The second-order valence-electron chi connectivity index (χ2n) is 5.08. The van der Waals surface area contributed by atoms with Gasteiger partial charge in [0.05, 0.1) is 12.0 Å². The molecule has 0 atom stereocenters. The normalized spacial score (nSPS) is 13.0. The Bertz CT molecular complexity index is 698. The molecule has 3 rings (SSSR count). The van der Waals surface area contributed by atoms with Crippen molar-refractivity contribution < 1.29 is 14.7 Å². The summed E-state index contributed by atoms with van der Waals surface area (Å²) in [6.45, 7) is 1.00. The summed E-state index contributed by atoms with van der Waals surface area (Å²) < 4.78 is 0. The van der Waals surface area contributed by atoms with Gasteiger partial charge in [0.2, 0.25) is 5.91 Å². The molecule has 0 unspecified atom stereocenters. The molecule has 2 aromatic rings. The summed E-state index contributed by atoms with van der Waals surface area (Å²) in [6.07, 6.45) is 3.67. The number of amides is 1. The lowest BCUT2D eigenvalue weighted by atomic mass is 10.1. The molecule has 1 aliphatic rings. The summed E-state index contributed by atoms with van der Waals surface area (Å²) in [4.78, 5) is 29.0. The number of hydrogen-bond donors (Lipinski definition) is 1. The van der Waals surface area contributed by atoms with Crippen molar-refractivity contribution in [2.24, 2.45) is 0 Å². The largest absolute Gasteiger partial charge is 0.478 e. The lowest BCUT2D eigenvalue weighted by molar-refractivity contribution is -0.131. The lowest BCUT2D eigenvalue weighted by Crippen LogP contribution is -2.26. The van der Waals surface area contributed by atoms with E-state index in [1.807, 2.05) is 6.07 Å². The predicted molar refractivity (Wildman–Crippen MR) is 75.6 cm³/mol. The molecule has 0 aliphatic carbocycles. The van der Waals surface area contributed by atoms with E-state index in [2.05, 4.69) is 4.98 Å². The summed E-state index contributed by atoms with van der Waals surface area (Å²) in [6, 6.07) is 8.69. The van der Waals surface area contributed by atoms with Crippen molar-refractivity contribution in [2.45, 2.75) is 19.5 Å². The molecule has 5 nitrogen and oxygen atoms in total. The Morgan fingerprint density at radius 3 is 2.71 bits per heavy atom. The zero-order valence-corrected chi connectivity index (χ0v) is 11.3. The summed E-state index contributed by atoms with van der Waals surface area (Å²) in [7, 11) is 0. The van der Waals surface area contributed by atoms with Crippen LogP contribution in [0, 0.1) is 0 Å². The van der Waals surface area contributed by atoms with Crippen LogP contribution in [-0.2, 0) is 24.3 Å². The van der Waals surface area contributed by atoms with Crippen LogP contribution in [0.4, 0.5) is 0 Å². The Morgan fingerprint density at radius 1 is 1.19 bits per heavy atom. The smallest absolute Gasteiger partial charge is 0.335 e. The number of fused-ring (bicyclic) bond motifs is 1. The molecule has 1 aliphatic heterocycles. The Morgan fingerprint density at radius 2 is 2.00 bits per heavy atom. The van der Waals surface area contributed by atoms with Crippen LogP contribution in [0.15, 0.2) is 42.7 Å². The van der Waals surface area contributed by atoms with Crippen molar-refractivity contribution >= 4 is 11.9 Å². The first-order chi connectivity index (χ1) is 10.1. The number of hydrogen-bond acceptors (Lipinski definition) is 3. The van der Waals surface area contributed by atoms with Crippen LogP contribution in [0.1, 0.15) is 27.0 Å². The van der Waals surface area contributed by atoms with Crippen LogP contribution in [0.25, 0.3) is 0 Å². The first kappa shape index (κ1) is 13.3. The Hall–Kier alpha value is -2.69. The third-order valence-electron chi connectivity index (χ3n) is 3.61. The molecule has 0 spiro atoms. The number of aromatic carboxylic acids is 1. The minimum absolute atomic E-state index is 0.0241. The zero-order chi connectivity index (χ0) is 14.8. The number of pyridine rings is 1. The van der Waals surface area contributed by atoms with Crippen molar-refractivity contribution in [3.05, 3.63) is 65.0 Å². The average Bonchev–Trinajstić information content (AvgIpc) is 2.91. The van der Waals surface area contributed by atoms with E-state index < -0.39 is 5.97 Å². The molecule has 1 aromatic carbocycles. The van der Waals surface area contributed by atoms with Gasteiger partial charge in [-0.25, -0.2) is 4.79 Å². The number of carboxylic acids is 1. The third-order valence-corrected chi connectivity index (χ3v) is 3.61. The molecule has 106 valence electrons. The zero-order valence-electron chi connectivity index (χ0n) is 11.3. The fourth-order valence-electron chi connectivity index (χ4n) is 2.49. The molecule has 0 bridgehead atoms. The van der Waals surface area contributed by atoms with Crippen LogP contribution in [0.2, 0.25) is 0 Å². The second-order valence-corrected chi connectivity index (χ2v) is 5.08. The molecule has 21 heavy (non-hydrogen) atoms. The van der Waals surface area contributed by atoms with Gasteiger partial charge in [0.25, 0.3) is 0 Å². The first-order valence-electron chi connectivity index (χ1n) is 6.65. The molecule has 0 saturated carbocycles. The molecular formula is C16H14N2O3. The number of carbonyl (C=O) groups excluding carboxylic acids is 1. The highest BCUT2D eigenvalue weighted by molar-refractivity contribution is 5.88. The van der Waals surface area contributed by atoms with Crippen molar-refractivity contribution in [3.63, 3.8) is 0 Å². The van der Waals surface area contributed by atoms with Gasteiger partial charge in [0.15, 0.2) is 0 Å². The number of carbonyl (C=O) groups is 2. The molecule has 0 saturated heterocycles. The van der Waals surface area contributed by atoms with Crippen molar-refractivity contribution in [3.8, 4) is 0 Å². The molecule has 1 amide bonds. The molecule has 2 heterocycles. The van der Waals surface area contributed by atoms with E-state index in [0.717, 1.165) is 16.7 Å². The average molecular weight is 282 g/mol. The molecule has 0 fully saturated rings. The van der Waals surface area contributed by atoms with E-state index in [-0.39, 0.29) is 11.5 Å². The van der Waals surface area contributed by atoms with Crippen LogP contribution < -0.4 is 0 Å². The van der Waals surface area contributed by atoms with Gasteiger partial charge < -0.3 is 10.0 Å². The summed E-state index contributed by atoms with van der Waals surface area (Å²) in [5, 5.41) is 9.00. The Kier molecular flexibility index (Phi) is 3.39. The standard InChI is InChI=1S/C16H14N2O3/c19-15(6-11-2-1-5-17-8-11)18-9-13-4-3-12(16(20)21)7-14(13)10-18/h1-5,7-8H,6,9-10H2,(H,20,21). The lowest BCUT2D eigenvalue weighted by Gasteiger charge is -2.15. The van der Waals surface area contributed by atoms with Crippen molar-refractivity contribution in [1.29, 1.82) is 0 Å². The van der Waals surface area contributed by atoms with Gasteiger partial charge in [-0.3, -0.25) is 9.78 Å². The van der Waals surface area contributed by atoms with Crippen LogP contribution >= 0.6 is 0 Å². The fraction of sp³-hybridized carbons (Fsp3) is 0.188. The fourth-order valence-corrected chi connectivity index (χ4v) is 2.49. The number of nitrogens with zero attached hydrogens (tertiary/aromatic N) is 2. The first-order valence-corrected chi connectivity index (χ1v) is 6.65. The topological polar surface area (TPSA) is 70.5 Å². The maximum atomic E-state index is 12.3. The minimum atomic E-state index is -0.946. The SMILES string of the molecule is O=C(O)c1ccc2c(c1)CN(C(=O)Cc1cccnc1)C2. The maximum Gasteiger partial charge on any atom is 0.335 e.